The predicted molar refractivity (Wildman–Crippen MR) is 136 cm³/mol. The number of anilines is 1. The molecule has 4 heterocycles. The molecule has 186 valence electrons. The topological polar surface area (TPSA) is 133 Å². The quantitative estimate of drug-likeness (QED) is 0.319. The number of hydrogen-bond donors (Lipinski definition) is 2. The zero-order valence-corrected chi connectivity index (χ0v) is 20.9. The van der Waals surface area contributed by atoms with Crippen LogP contribution >= 0.6 is 11.6 Å². The van der Waals surface area contributed by atoms with Gasteiger partial charge in [0.25, 0.3) is 5.56 Å². The Morgan fingerprint density at radius 1 is 1.25 bits per heavy atom. The fourth-order valence-corrected chi connectivity index (χ4v) is 4.68. The van der Waals surface area contributed by atoms with Crippen LogP contribution in [0.15, 0.2) is 44.6 Å². The normalized spacial score (nSPS) is 12.5. The predicted octanol–water partition coefficient (Wildman–Crippen LogP) is 3.41. The van der Waals surface area contributed by atoms with Crippen molar-refractivity contribution in [3.05, 3.63) is 67.6 Å². The summed E-state index contributed by atoms with van der Waals surface area (Å²) >= 11 is 6.12. The van der Waals surface area contributed by atoms with Crippen LogP contribution in [0.1, 0.15) is 24.1 Å². The van der Waals surface area contributed by atoms with Crippen LogP contribution in [0.3, 0.4) is 0 Å². The minimum Gasteiger partial charge on any atom is -0.383 e. The summed E-state index contributed by atoms with van der Waals surface area (Å²) in [5.41, 5.74) is 3.39. The second kappa shape index (κ2) is 9.25. The van der Waals surface area contributed by atoms with Gasteiger partial charge in [-0.2, -0.15) is 5.10 Å². The molecule has 0 spiro atoms. The number of nitrogens with zero attached hydrogens (tertiary/aromatic N) is 5. The van der Waals surface area contributed by atoms with Gasteiger partial charge >= 0.3 is 5.76 Å². The number of aromatic nitrogens is 6. The highest BCUT2D eigenvalue weighted by Crippen LogP contribution is 2.34. The molecule has 5 rings (SSSR count). The van der Waals surface area contributed by atoms with Crippen LogP contribution < -0.4 is 16.6 Å². The SMILES string of the molecule is COCCn1ncc2c3c(C(C)Nc4ccc(Cl)nc4-c4noc(=O)[nH]4)cc(C)cc3c(=O)n(C)c21. The van der Waals surface area contributed by atoms with Crippen LogP contribution in [-0.4, -0.2) is 43.2 Å². The van der Waals surface area contributed by atoms with E-state index in [2.05, 4.69) is 30.1 Å². The molecule has 1 atom stereocenters. The van der Waals surface area contributed by atoms with E-state index in [0.717, 1.165) is 27.5 Å². The Bertz CT molecular complexity index is 1720. The molecule has 0 fully saturated rings. The molecular formula is C24H24ClN7O4. The lowest BCUT2D eigenvalue weighted by molar-refractivity contribution is 0.184. The fourth-order valence-electron chi connectivity index (χ4n) is 4.53. The van der Waals surface area contributed by atoms with Gasteiger partial charge in [-0.1, -0.05) is 22.8 Å². The second-order valence-corrected chi connectivity index (χ2v) is 8.97. The summed E-state index contributed by atoms with van der Waals surface area (Å²) < 4.78 is 13.3. The first-order chi connectivity index (χ1) is 17.3. The number of hydrogen-bond acceptors (Lipinski definition) is 8. The van der Waals surface area contributed by atoms with Crippen LogP contribution in [0, 0.1) is 6.92 Å². The number of halogens is 1. The third-order valence-corrected chi connectivity index (χ3v) is 6.33. The Morgan fingerprint density at radius 2 is 2.06 bits per heavy atom. The van der Waals surface area contributed by atoms with Crippen molar-refractivity contribution in [1.29, 1.82) is 0 Å². The van der Waals surface area contributed by atoms with E-state index in [1.54, 1.807) is 41.7 Å². The van der Waals surface area contributed by atoms with E-state index in [4.69, 9.17) is 16.3 Å². The molecule has 2 N–H and O–H groups in total. The maximum atomic E-state index is 13.4. The lowest BCUT2D eigenvalue weighted by atomic mass is 9.95. The number of H-pyrrole nitrogens is 1. The van der Waals surface area contributed by atoms with Crippen LogP contribution in [0.5, 0.6) is 0 Å². The van der Waals surface area contributed by atoms with Gasteiger partial charge in [0.15, 0.2) is 0 Å². The minimum absolute atomic E-state index is 0.108. The Balaban J connectivity index is 1.68. The number of rotatable bonds is 7. The summed E-state index contributed by atoms with van der Waals surface area (Å²) in [7, 11) is 3.38. The molecule has 0 aliphatic carbocycles. The van der Waals surface area contributed by atoms with E-state index in [1.165, 1.54) is 0 Å². The highest BCUT2D eigenvalue weighted by atomic mass is 35.5. The molecule has 0 saturated heterocycles. The smallest absolute Gasteiger partial charge is 0.383 e. The molecule has 12 heteroatoms. The number of benzene rings is 1. The number of nitrogens with one attached hydrogen (secondary N) is 2. The first-order valence-corrected chi connectivity index (χ1v) is 11.6. The molecular weight excluding hydrogens is 486 g/mol. The van der Waals surface area contributed by atoms with E-state index in [-0.39, 0.29) is 22.6 Å². The molecule has 4 aromatic heterocycles. The van der Waals surface area contributed by atoms with Crippen LogP contribution in [0.2, 0.25) is 5.15 Å². The molecule has 0 amide bonds. The molecule has 0 aliphatic heterocycles. The summed E-state index contributed by atoms with van der Waals surface area (Å²) in [4.78, 5) is 31.8. The van der Waals surface area contributed by atoms with Gasteiger partial charge in [0, 0.05) is 36.4 Å². The maximum absolute atomic E-state index is 13.4. The molecule has 0 radical (unpaired) electrons. The first kappa shape index (κ1) is 23.8. The van der Waals surface area contributed by atoms with E-state index in [9.17, 15) is 9.59 Å². The molecule has 36 heavy (non-hydrogen) atoms. The van der Waals surface area contributed by atoms with Gasteiger partial charge in [-0.15, -0.1) is 0 Å². The number of methoxy groups -OCH3 is 1. The molecule has 1 unspecified atom stereocenters. The average molecular weight is 510 g/mol. The molecule has 0 saturated carbocycles. The van der Waals surface area contributed by atoms with E-state index in [0.29, 0.717) is 29.9 Å². The molecule has 0 aliphatic rings. The monoisotopic (exact) mass is 509 g/mol. The van der Waals surface area contributed by atoms with Crippen molar-refractivity contribution in [2.24, 2.45) is 7.05 Å². The molecule has 0 bridgehead atoms. The Morgan fingerprint density at radius 3 is 2.78 bits per heavy atom. The van der Waals surface area contributed by atoms with Crippen molar-refractivity contribution in [2.45, 2.75) is 26.4 Å². The third-order valence-electron chi connectivity index (χ3n) is 6.12. The van der Waals surface area contributed by atoms with Gasteiger partial charge in [-0.25, -0.2) is 14.5 Å². The van der Waals surface area contributed by atoms with Crippen molar-refractivity contribution in [3.63, 3.8) is 0 Å². The molecule has 5 aromatic rings. The minimum atomic E-state index is -0.695. The van der Waals surface area contributed by atoms with Crippen molar-refractivity contribution >= 4 is 39.1 Å². The van der Waals surface area contributed by atoms with E-state index >= 15 is 0 Å². The number of aromatic amines is 1. The van der Waals surface area contributed by atoms with Crippen molar-refractivity contribution in [2.75, 3.05) is 19.0 Å². The zero-order chi connectivity index (χ0) is 25.6. The van der Waals surface area contributed by atoms with Crippen molar-refractivity contribution in [1.82, 2.24) is 29.5 Å². The van der Waals surface area contributed by atoms with Crippen LogP contribution in [0.4, 0.5) is 5.69 Å². The number of aryl methyl sites for hydroxylation is 2. The standard InChI is InChI=1S/C24H24ClN7O4/c1-12-9-14(13(2)27-17-5-6-18(25)28-20(17)21-29-24(34)36-30-21)19-15(10-12)23(33)31(3)22-16(19)11-26-32(22)7-8-35-4/h5-6,9-11,13,27H,7-8H2,1-4H3,(H,29,30,34). The number of ether oxygens (including phenoxy) is 1. The summed E-state index contributed by atoms with van der Waals surface area (Å²) in [5, 5.41) is 14.3. The fraction of sp³-hybridized carbons (Fsp3) is 0.292. The Labute approximate surface area is 209 Å². The molecule has 11 nitrogen and oxygen atoms in total. The summed E-state index contributed by atoms with van der Waals surface area (Å²) in [6, 6.07) is 7.07. The summed E-state index contributed by atoms with van der Waals surface area (Å²) in [6.07, 6.45) is 1.79. The van der Waals surface area contributed by atoms with Gasteiger partial charge in [0.2, 0.25) is 5.82 Å². The van der Waals surface area contributed by atoms with Gasteiger partial charge in [-0.05, 0) is 43.2 Å². The largest absolute Gasteiger partial charge is 0.439 e. The highest BCUT2D eigenvalue weighted by molar-refractivity contribution is 6.29. The maximum Gasteiger partial charge on any atom is 0.439 e. The van der Waals surface area contributed by atoms with Gasteiger partial charge in [0.05, 0.1) is 25.0 Å². The van der Waals surface area contributed by atoms with Crippen LogP contribution in [-0.2, 0) is 18.3 Å². The van der Waals surface area contributed by atoms with Crippen molar-refractivity contribution < 1.29 is 9.26 Å². The Hall–Kier alpha value is -3.96. The number of pyridine rings is 2. The second-order valence-electron chi connectivity index (χ2n) is 8.58. The van der Waals surface area contributed by atoms with E-state index < -0.39 is 5.76 Å². The van der Waals surface area contributed by atoms with Gasteiger partial charge in [-0.3, -0.25) is 18.9 Å². The Kier molecular flexibility index (Phi) is 6.10. The van der Waals surface area contributed by atoms with Crippen LogP contribution in [0.25, 0.3) is 33.3 Å². The summed E-state index contributed by atoms with van der Waals surface area (Å²) in [5.74, 6) is -0.541. The lowest BCUT2D eigenvalue weighted by Crippen LogP contribution is -2.21. The average Bonchev–Trinajstić information content (AvgIpc) is 3.48. The first-order valence-electron chi connectivity index (χ1n) is 11.3. The lowest BCUT2D eigenvalue weighted by Gasteiger charge is -2.21. The number of fused-ring (bicyclic) bond motifs is 3. The summed E-state index contributed by atoms with van der Waals surface area (Å²) in [6.45, 7) is 4.93. The van der Waals surface area contributed by atoms with Gasteiger partial charge < -0.3 is 10.1 Å². The zero-order valence-electron chi connectivity index (χ0n) is 20.1. The highest BCUT2D eigenvalue weighted by Gasteiger charge is 2.21. The van der Waals surface area contributed by atoms with Crippen molar-refractivity contribution in [3.8, 4) is 11.5 Å². The third kappa shape index (κ3) is 4.06. The van der Waals surface area contributed by atoms with E-state index in [1.807, 2.05) is 26.0 Å². The molecule has 1 aromatic carbocycles. The van der Waals surface area contributed by atoms with Gasteiger partial charge in [0.1, 0.15) is 16.5 Å².